The highest BCUT2D eigenvalue weighted by Gasteiger charge is 2.37. The maximum atomic E-state index is 11.3. The summed E-state index contributed by atoms with van der Waals surface area (Å²) in [5, 5.41) is 18.1. The molecule has 114 valence electrons. The van der Waals surface area contributed by atoms with Crippen molar-refractivity contribution in [1.82, 2.24) is 0 Å². The van der Waals surface area contributed by atoms with Gasteiger partial charge in [0.1, 0.15) is 0 Å². The van der Waals surface area contributed by atoms with Crippen LogP contribution in [-0.2, 0) is 11.2 Å². The van der Waals surface area contributed by atoms with E-state index in [-0.39, 0.29) is 11.5 Å². The van der Waals surface area contributed by atoms with E-state index in [4.69, 9.17) is 11.0 Å². The third-order valence-corrected chi connectivity index (χ3v) is 4.02. The first-order chi connectivity index (χ1) is 9.58. The average Bonchev–Trinajstić information content (AvgIpc) is 2.38. The fourth-order valence-electron chi connectivity index (χ4n) is 2.59. The van der Waals surface area contributed by atoms with Crippen LogP contribution in [0.2, 0.25) is 0 Å². The van der Waals surface area contributed by atoms with Gasteiger partial charge in [-0.25, -0.2) is 0 Å². The molecule has 1 atom stereocenters. The van der Waals surface area contributed by atoms with E-state index in [1.54, 1.807) is 26.0 Å². The van der Waals surface area contributed by atoms with Gasteiger partial charge in [-0.15, -0.1) is 0 Å². The van der Waals surface area contributed by atoms with Crippen LogP contribution in [0.25, 0.3) is 0 Å². The van der Waals surface area contributed by atoms with Crippen LogP contribution in [0.3, 0.4) is 0 Å². The summed E-state index contributed by atoms with van der Waals surface area (Å²) in [4.78, 5) is 11.3. The van der Waals surface area contributed by atoms with E-state index in [9.17, 15) is 9.90 Å². The van der Waals surface area contributed by atoms with Crippen molar-refractivity contribution >= 4 is 5.97 Å². The normalized spacial score (nSPS) is 13.5. The summed E-state index contributed by atoms with van der Waals surface area (Å²) in [6, 6.07) is 9.28. The molecule has 0 aliphatic heterocycles. The fraction of sp³-hybridized carbons (Fsp3) is 0.529. The van der Waals surface area contributed by atoms with Crippen molar-refractivity contribution in [3.05, 3.63) is 35.4 Å². The topological polar surface area (TPSA) is 87.1 Å². The lowest BCUT2D eigenvalue weighted by Crippen LogP contribution is -2.43. The number of aliphatic carboxylic acids is 1. The molecular weight excluding hydrogens is 264 g/mol. The molecule has 1 aromatic carbocycles. The van der Waals surface area contributed by atoms with Crippen LogP contribution >= 0.6 is 0 Å². The van der Waals surface area contributed by atoms with Gasteiger partial charge in [0, 0.05) is 6.04 Å². The van der Waals surface area contributed by atoms with Crippen LogP contribution < -0.4 is 5.73 Å². The Morgan fingerprint density at radius 2 is 1.81 bits per heavy atom. The predicted molar refractivity (Wildman–Crippen MR) is 82.7 cm³/mol. The third-order valence-electron chi connectivity index (χ3n) is 4.02. The lowest BCUT2D eigenvalue weighted by atomic mass is 9.70. The van der Waals surface area contributed by atoms with Gasteiger partial charge in [-0.05, 0) is 49.8 Å². The number of rotatable bonds is 6. The second-order valence-electron chi connectivity index (χ2n) is 6.97. The second kappa shape index (κ2) is 6.28. The molecule has 0 bridgehead atoms. The molecule has 0 spiro atoms. The van der Waals surface area contributed by atoms with Crippen LogP contribution in [0.1, 0.15) is 45.2 Å². The highest BCUT2D eigenvalue weighted by Crippen LogP contribution is 2.36. The van der Waals surface area contributed by atoms with Gasteiger partial charge in [0.15, 0.2) is 0 Å². The van der Waals surface area contributed by atoms with Crippen LogP contribution in [0, 0.1) is 22.2 Å². The SMILES string of the molecule is CC(C)(CC(C)(C)C(N)Cc1ccc(C#N)cc1)C(=O)O. The number of hydrogen-bond acceptors (Lipinski definition) is 3. The first-order valence-corrected chi connectivity index (χ1v) is 7.06. The Balaban J connectivity index is 2.78. The number of carbonyl (C=O) groups is 1. The lowest BCUT2D eigenvalue weighted by Gasteiger charge is -2.37. The Hall–Kier alpha value is -1.86. The molecule has 0 fully saturated rings. The Morgan fingerprint density at radius 3 is 2.24 bits per heavy atom. The highest BCUT2D eigenvalue weighted by molar-refractivity contribution is 5.73. The summed E-state index contributed by atoms with van der Waals surface area (Å²) < 4.78 is 0. The third kappa shape index (κ3) is 4.57. The van der Waals surface area contributed by atoms with Gasteiger partial charge in [0.25, 0.3) is 0 Å². The van der Waals surface area contributed by atoms with Gasteiger partial charge in [-0.1, -0.05) is 26.0 Å². The van der Waals surface area contributed by atoms with Gasteiger partial charge >= 0.3 is 5.97 Å². The van der Waals surface area contributed by atoms with Crippen LogP contribution in [0.4, 0.5) is 0 Å². The predicted octanol–water partition coefficient (Wildman–Crippen LogP) is 2.96. The minimum atomic E-state index is -0.804. The van der Waals surface area contributed by atoms with Gasteiger partial charge in [0.2, 0.25) is 0 Å². The molecule has 0 aliphatic carbocycles. The quantitative estimate of drug-likeness (QED) is 0.842. The van der Waals surface area contributed by atoms with Gasteiger partial charge < -0.3 is 10.8 Å². The zero-order chi connectivity index (χ0) is 16.3. The van der Waals surface area contributed by atoms with Crippen molar-refractivity contribution in [2.45, 2.75) is 46.6 Å². The average molecular weight is 288 g/mol. The summed E-state index contributed by atoms with van der Waals surface area (Å²) in [5.74, 6) is -0.804. The van der Waals surface area contributed by atoms with Crippen molar-refractivity contribution < 1.29 is 9.90 Å². The zero-order valence-corrected chi connectivity index (χ0v) is 13.2. The largest absolute Gasteiger partial charge is 0.481 e. The number of carboxylic acid groups (broad SMARTS) is 1. The summed E-state index contributed by atoms with van der Waals surface area (Å²) in [6.45, 7) is 7.47. The molecule has 4 nitrogen and oxygen atoms in total. The van der Waals surface area contributed by atoms with Crippen LogP contribution in [0.5, 0.6) is 0 Å². The van der Waals surface area contributed by atoms with E-state index < -0.39 is 11.4 Å². The first-order valence-electron chi connectivity index (χ1n) is 7.06. The van der Waals surface area contributed by atoms with E-state index in [0.29, 0.717) is 18.4 Å². The summed E-state index contributed by atoms with van der Waals surface area (Å²) in [6.07, 6.45) is 1.17. The molecule has 0 amide bonds. The Morgan fingerprint density at radius 1 is 1.29 bits per heavy atom. The second-order valence-corrected chi connectivity index (χ2v) is 6.97. The van der Waals surface area contributed by atoms with Crippen LogP contribution in [-0.4, -0.2) is 17.1 Å². The molecule has 0 saturated heterocycles. The summed E-state index contributed by atoms with van der Waals surface area (Å²) in [7, 11) is 0. The van der Waals surface area contributed by atoms with Gasteiger partial charge in [-0.3, -0.25) is 4.79 Å². The molecule has 4 heteroatoms. The number of nitriles is 1. The standard InChI is InChI=1S/C17H24N2O2/c1-16(2,11-17(3,4)15(20)21)14(19)9-12-5-7-13(10-18)8-6-12/h5-8,14H,9,11,19H2,1-4H3,(H,20,21). The molecule has 0 radical (unpaired) electrons. The molecule has 21 heavy (non-hydrogen) atoms. The fourth-order valence-corrected chi connectivity index (χ4v) is 2.59. The highest BCUT2D eigenvalue weighted by atomic mass is 16.4. The zero-order valence-electron chi connectivity index (χ0n) is 13.2. The number of nitrogens with two attached hydrogens (primary N) is 1. The van der Waals surface area contributed by atoms with E-state index in [1.807, 2.05) is 26.0 Å². The molecule has 1 unspecified atom stereocenters. The Bertz CT molecular complexity index is 539. The minimum absolute atomic E-state index is 0.149. The lowest BCUT2D eigenvalue weighted by molar-refractivity contribution is -0.148. The monoisotopic (exact) mass is 288 g/mol. The Labute approximate surface area is 126 Å². The van der Waals surface area contributed by atoms with Crippen molar-refractivity contribution in [3.63, 3.8) is 0 Å². The summed E-state index contributed by atoms with van der Waals surface area (Å²) >= 11 is 0. The molecular formula is C17H24N2O2. The van der Waals surface area contributed by atoms with Crippen molar-refractivity contribution in [2.75, 3.05) is 0 Å². The Kier molecular flexibility index (Phi) is 5.14. The van der Waals surface area contributed by atoms with Crippen LogP contribution in [0.15, 0.2) is 24.3 Å². The molecule has 0 saturated carbocycles. The molecule has 0 aromatic heterocycles. The molecule has 0 heterocycles. The molecule has 3 N–H and O–H groups in total. The van der Waals surface area contributed by atoms with Gasteiger partial charge in [0.05, 0.1) is 17.0 Å². The summed E-state index contributed by atoms with van der Waals surface area (Å²) in [5.41, 5.74) is 6.89. The van der Waals surface area contributed by atoms with E-state index in [1.165, 1.54) is 0 Å². The molecule has 0 aliphatic rings. The van der Waals surface area contributed by atoms with Gasteiger partial charge in [-0.2, -0.15) is 5.26 Å². The molecule has 1 rings (SSSR count). The first kappa shape index (κ1) is 17.2. The number of nitrogens with zero attached hydrogens (tertiary/aromatic N) is 1. The van der Waals surface area contributed by atoms with Crippen molar-refractivity contribution in [2.24, 2.45) is 16.6 Å². The number of hydrogen-bond donors (Lipinski definition) is 2. The van der Waals surface area contributed by atoms with Crippen molar-refractivity contribution in [1.29, 1.82) is 5.26 Å². The maximum Gasteiger partial charge on any atom is 0.309 e. The van der Waals surface area contributed by atoms with Crippen molar-refractivity contribution in [3.8, 4) is 6.07 Å². The van der Waals surface area contributed by atoms with E-state index in [2.05, 4.69) is 6.07 Å². The molecule has 1 aromatic rings. The van der Waals surface area contributed by atoms with E-state index >= 15 is 0 Å². The minimum Gasteiger partial charge on any atom is -0.481 e. The van der Waals surface area contributed by atoms with E-state index in [0.717, 1.165) is 5.56 Å². The maximum absolute atomic E-state index is 11.3. The number of carboxylic acids is 1. The number of benzene rings is 1. The smallest absolute Gasteiger partial charge is 0.309 e.